The number of likely N-dealkylation sites (tertiary alicyclic amines) is 1. The summed E-state index contributed by atoms with van der Waals surface area (Å²) in [6, 6.07) is 16.8. The fraction of sp³-hybridized carbons (Fsp3) is 0.500. The molecule has 4 rings (SSSR count). The van der Waals surface area contributed by atoms with E-state index in [1.165, 1.54) is 5.56 Å². The molecule has 0 spiro atoms. The number of aliphatic imine (C=N–C) groups is 1. The molecule has 2 aromatic rings. The maximum atomic E-state index is 12.7. The van der Waals surface area contributed by atoms with E-state index in [2.05, 4.69) is 62.3 Å². The van der Waals surface area contributed by atoms with E-state index in [0.717, 1.165) is 57.5 Å². The third-order valence-electron chi connectivity index (χ3n) is 6.87. The summed E-state index contributed by atoms with van der Waals surface area (Å²) in [7, 11) is 1.83. The number of benzene rings is 1. The molecule has 2 aliphatic rings. The lowest BCUT2D eigenvalue weighted by molar-refractivity contribution is -0.131. The van der Waals surface area contributed by atoms with Gasteiger partial charge in [-0.1, -0.05) is 43.3 Å². The van der Waals surface area contributed by atoms with E-state index in [1.807, 2.05) is 36.3 Å². The van der Waals surface area contributed by atoms with Crippen LogP contribution in [0.1, 0.15) is 31.2 Å². The van der Waals surface area contributed by atoms with Gasteiger partial charge in [-0.25, -0.2) is 4.98 Å². The molecule has 0 bridgehead atoms. The van der Waals surface area contributed by atoms with Crippen LogP contribution in [0, 0.1) is 5.92 Å². The minimum Gasteiger partial charge on any atom is -0.356 e. The van der Waals surface area contributed by atoms with Crippen molar-refractivity contribution in [3.05, 3.63) is 60.3 Å². The fourth-order valence-corrected chi connectivity index (χ4v) is 5.03. The molecule has 0 radical (unpaired) electrons. The van der Waals surface area contributed by atoms with Crippen LogP contribution in [0.25, 0.3) is 0 Å². The number of hydrogen-bond donors (Lipinski definition) is 1. The SMILES string of the molecule is CN=C(NCCC(=O)N1CCN(c2ccccn2)CC1)N1CCC(c2ccccc2)C(C)C1. The van der Waals surface area contributed by atoms with Gasteiger partial charge >= 0.3 is 0 Å². The van der Waals surface area contributed by atoms with Crippen LogP contribution in [0.3, 0.4) is 0 Å². The topological polar surface area (TPSA) is 64.1 Å². The fourth-order valence-electron chi connectivity index (χ4n) is 5.03. The van der Waals surface area contributed by atoms with E-state index in [0.29, 0.717) is 24.8 Å². The first-order valence-electron chi connectivity index (χ1n) is 12.1. The predicted octanol–water partition coefficient (Wildman–Crippen LogP) is 2.82. The standard InChI is InChI=1S/C26H36N6O/c1-21-20-32(15-12-23(21)22-8-4-3-5-9-22)26(27-2)29-14-11-25(33)31-18-16-30(17-19-31)24-10-6-7-13-28-24/h3-10,13,21,23H,11-12,14-20H2,1-2H3,(H,27,29). The van der Waals surface area contributed by atoms with E-state index in [-0.39, 0.29) is 5.91 Å². The van der Waals surface area contributed by atoms with Crippen LogP contribution in [-0.4, -0.2) is 79.5 Å². The molecule has 1 amide bonds. The number of nitrogens with one attached hydrogen (secondary N) is 1. The lowest BCUT2D eigenvalue weighted by Crippen LogP contribution is -2.50. The van der Waals surface area contributed by atoms with Gasteiger partial charge in [0.15, 0.2) is 5.96 Å². The normalized spacial score (nSPS) is 21.8. The van der Waals surface area contributed by atoms with Gasteiger partial charge in [0, 0.05) is 65.5 Å². The zero-order valence-corrected chi connectivity index (χ0v) is 19.9. The molecule has 2 atom stereocenters. The third kappa shape index (κ3) is 5.83. The minimum atomic E-state index is 0.203. The Morgan fingerprint density at radius 1 is 1.03 bits per heavy atom. The molecule has 2 fully saturated rings. The van der Waals surface area contributed by atoms with Crippen LogP contribution in [0.5, 0.6) is 0 Å². The molecule has 0 aliphatic carbocycles. The summed E-state index contributed by atoms with van der Waals surface area (Å²) in [5.74, 6) is 3.24. The van der Waals surface area contributed by atoms with Gasteiger partial charge in [0.2, 0.25) is 5.91 Å². The summed E-state index contributed by atoms with van der Waals surface area (Å²) < 4.78 is 0. The van der Waals surface area contributed by atoms with Gasteiger partial charge in [0.25, 0.3) is 0 Å². The van der Waals surface area contributed by atoms with Gasteiger partial charge in [-0.05, 0) is 36.0 Å². The Bertz CT molecular complexity index is 911. The molecule has 1 aromatic carbocycles. The van der Waals surface area contributed by atoms with Gasteiger partial charge in [-0.3, -0.25) is 9.79 Å². The largest absolute Gasteiger partial charge is 0.356 e. The van der Waals surface area contributed by atoms with E-state index in [4.69, 9.17) is 0 Å². The number of amides is 1. The summed E-state index contributed by atoms with van der Waals surface area (Å²) in [6.07, 6.45) is 3.42. The van der Waals surface area contributed by atoms with Crippen molar-refractivity contribution in [1.82, 2.24) is 20.1 Å². The quantitative estimate of drug-likeness (QED) is 0.563. The van der Waals surface area contributed by atoms with E-state index in [9.17, 15) is 4.79 Å². The molecule has 2 saturated heterocycles. The Balaban J connectivity index is 1.20. The van der Waals surface area contributed by atoms with Crippen molar-refractivity contribution in [3.63, 3.8) is 0 Å². The number of pyridine rings is 1. The van der Waals surface area contributed by atoms with Gasteiger partial charge < -0.3 is 20.0 Å². The average molecular weight is 449 g/mol. The maximum Gasteiger partial charge on any atom is 0.224 e. The van der Waals surface area contributed by atoms with E-state index >= 15 is 0 Å². The average Bonchev–Trinajstić information content (AvgIpc) is 2.87. The van der Waals surface area contributed by atoms with Gasteiger partial charge in [-0.2, -0.15) is 0 Å². The molecule has 33 heavy (non-hydrogen) atoms. The van der Waals surface area contributed by atoms with Gasteiger partial charge in [-0.15, -0.1) is 0 Å². The second kappa shape index (κ2) is 11.2. The number of aromatic nitrogens is 1. The zero-order valence-electron chi connectivity index (χ0n) is 19.9. The smallest absolute Gasteiger partial charge is 0.224 e. The first-order chi connectivity index (χ1) is 16.2. The molecular formula is C26H36N6O. The second-order valence-electron chi connectivity index (χ2n) is 9.01. The molecule has 3 heterocycles. The Hall–Kier alpha value is -3.09. The highest BCUT2D eigenvalue weighted by Gasteiger charge is 2.29. The van der Waals surface area contributed by atoms with E-state index in [1.54, 1.807) is 0 Å². The molecular weight excluding hydrogens is 412 g/mol. The maximum absolute atomic E-state index is 12.7. The molecule has 176 valence electrons. The highest BCUT2D eigenvalue weighted by molar-refractivity contribution is 5.81. The van der Waals surface area contributed by atoms with E-state index < -0.39 is 0 Å². The van der Waals surface area contributed by atoms with Crippen molar-refractivity contribution in [2.45, 2.75) is 25.7 Å². The molecule has 1 aromatic heterocycles. The van der Waals surface area contributed by atoms with Crippen LogP contribution in [0.15, 0.2) is 59.7 Å². The first-order valence-corrected chi connectivity index (χ1v) is 12.1. The van der Waals surface area contributed by atoms with Gasteiger partial charge in [0.1, 0.15) is 5.82 Å². The van der Waals surface area contributed by atoms with Crippen molar-refractivity contribution < 1.29 is 4.79 Å². The minimum absolute atomic E-state index is 0.203. The number of nitrogens with zero attached hydrogens (tertiary/aromatic N) is 5. The Morgan fingerprint density at radius 2 is 1.79 bits per heavy atom. The number of rotatable bonds is 5. The first kappa shape index (κ1) is 23.1. The van der Waals surface area contributed by atoms with Crippen LogP contribution < -0.4 is 10.2 Å². The number of anilines is 1. The van der Waals surface area contributed by atoms with Crippen molar-refractivity contribution >= 4 is 17.7 Å². The molecule has 7 heteroatoms. The number of piperazine rings is 1. The molecule has 7 nitrogen and oxygen atoms in total. The van der Waals surface area contributed by atoms with Crippen LogP contribution >= 0.6 is 0 Å². The second-order valence-corrected chi connectivity index (χ2v) is 9.01. The van der Waals surface area contributed by atoms with Crippen LogP contribution in [-0.2, 0) is 4.79 Å². The Morgan fingerprint density at radius 3 is 2.45 bits per heavy atom. The summed E-state index contributed by atoms with van der Waals surface area (Å²) >= 11 is 0. The molecule has 1 N–H and O–H groups in total. The monoisotopic (exact) mass is 448 g/mol. The predicted molar refractivity (Wildman–Crippen MR) is 134 cm³/mol. The number of piperidine rings is 1. The Labute approximate surface area is 197 Å². The molecule has 2 unspecified atom stereocenters. The van der Waals surface area contributed by atoms with Crippen molar-refractivity contribution in [2.75, 3.05) is 57.8 Å². The molecule has 0 saturated carbocycles. The highest BCUT2D eigenvalue weighted by atomic mass is 16.2. The summed E-state index contributed by atoms with van der Waals surface area (Å²) in [4.78, 5) is 28.2. The van der Waals surface area contributed by atoms with Crippen molar-refractivity contribution in [2.24, 2.45) is 10.9 Å². The van der Waals surface area contributed by atoms with Crippen molar-refractivity contribution in [3.8, 4) is 0 Å². The number of carbonyl (C=O) groups excluding carboxylic acids is 1. The lowest BCUT2D eigenvalue weighted by atomic mass is 9.82. The third-order valence-corrected chi connectivity index (χ3v) is 6.87. The lowest BCUT2D eigenvalue weighted by Gasteiger charge is -2.39. The van der Waals surface area contributed by atoms with Crippen LogP contribution in [0.4, 0.5) is 5.82 Å². The van der Waals surface area contributed by atoms with Crippen LogP contribution in [0.2, 0.25) is 0 Å². The summed E-state index contributed by atoms with van der Waals surface area (Å²) in [6.45, 7) is 8.03. The highest BCUT2D eigenvalue weighted by Crippen LogP contribution is 2.32. The number of carbonyl (C=O) groups is 1. The zero-order chi connectivity index (χ0) is 23.0. The molecule has 2 aliphatic heterocycles. The summed E-state index contributed by atoms with van der Waals surface area (Å²) in [5.41, 5.74) is 1.43. The van der Waals surface area contributed by atoms with Gasteiger partial charge in [0.05, 0.1) is 0 Å². The number of hydrogen-bond acceptors (Lipinski definition) is 4. The Kier molecular flexibility index (Phi) is 7.81. The summed E-state index contributed by atoms with van der Waals surface area (Å²) in [5, 5.41) is 3.43. The number of guanidine groups is 1. The van der Waals surface area contributed by atoms with Crippen molar-refractivity contribution in [1.29, 1.82) is 0 Å².